The molecule has 1 N–H and O–H groups in total. The van der Waals surface area contributed by atoms with Crippen LogP contribution in [0.2, 0.25) is 5.02 Å². The molecule has 5 nitrogen and oxygen atoms in total. The lowest BCUT2D eigenvalue weighted by atomic mass is 10.2. The van der Waals surface area contributed by atoms with E-state index in [9.17, 15) is 4.79 Å². The molecule has 0 bridgehead atoms. The van der Waals surface area contributed by atoms with Gasteiger partial charge in [0.25, 0.3) is 5.91 Å². The first-order chi connectivity index (χ1) is 13.1. The van der Waals surface area contributed by atoms with Gasteiger partial charge in [-0.2, -0.15) is 0 Å². The van der Waals surface area contributed by atoms with E-state index in [0.717, 1.165) is 16.9 Å². The minimum absolute atomic E-state index is 0.223. The molecule has 3 aromatic rings. The number of hydrogen-bond donors (Lipinski definition) is 1. The summed E-state index contributed by atoms with van der Waals surface area (Å²) in [6, 6.07) is 16.3. The predicted molar refractivity (Wildman–Crippen MR) is 103 cm³/mol. The number of aryl methyl sites for hydroxylation is 1. The van der Waals surface area contributed by atoms with Crippen LogP contribution in [0.3, 0.4) is 0 Å². The number of ether oxygens (including phenoxy) is 2. The van der Waals surface area contributed by atoms with E-state index >= 15 is 0 Å². The summed E-state index contributed by atoms with van der Waals surface area (Å²) in [5.41, 5.74) is 1.83. The van der Waals surface area contributed by atoms with Crippen LogP contribution in [0.1, 0.15) is 27.4 Å². The molecule has 1 heterocycles. The van der Waals surface area contributed by atoms with E-state index in [-0.39, 0.29) is 18.3 Å². The first kappa shape index (κ1) is 18.9. The van der Waals surface area contributed by atoms with Crippen LogP contribution in [0.25, 0.3) is 0 Å². The zero-order chi connectivity index (χ0) is 19.2. The van der Waals surface area contributed by atoms with Gasteiger partial charge in [-0.05, 0) is 48.9 Å². The second-order valence-electron chi connectivity index (χ2n) is 5.96. The summed E-state index contributed by atoms with van der Waals surface area (Å²) < 4.78 is 16.5. The largest absolute Gasteiger partial charge is 0.496 e. The predicted octanol–water partition coefficient (Wildman–Crippen LogP) is 4.76. The van der Waals surface area contributed by atoms with E-state index in [2.05, 4.69) is 5.32 Å². The van der Waals surface area contributed by atoms with Crippen molar-refractivity contribution in [3.63, 3.8) is 0 Å². The maximum atomic E-state index is 12.3. The molecule has 0 saturated heterocycles. The molecule has 0 unspecified atom stereocenters. The van der Waals surface area contributed by atoms with Gasteiger partial charge in [-0.25, -0.2) is 0 Å². The Bertz CT molecular complexity index is 935. The van der Waals surface area contributed by atoms with Crippen LogP contribution in [0, 0.1) is 6.92 Å². The number of carbonyl (C=O) groups is 1. The van der Waals surface area contributed by atoms with Gasteiger partial charge in [-0.15, -0.1) is 0 Å². The molecule has 6 heteroatoms. The van der Waals surface area contributed by atoms with Crippen molar-refractivity contribution in [1.82, 2.24) is 5.32 Å². The molecule has 0 fully saturated rings. The highest BCUT2D eigenvalue weighted by Gasteiger charge is 2.12. The van der Waals surface area contributed by atoms with Crippen molar-refractivity contribution >= 4 is 17.5 Å². The van der Waals surface area contributed by atoms with Crippen LogP contribution < -0.4 is 14.8 Å². The topological polar surface area (TPSA) is 60.7 Å². The number of furan rings is 1. The van der Waals surface area contributed by atoms with Crippen LogP contribution in [-0.2, 0) is 13.2 Å². The van der Waals surface area contributed by atoms with Crippen molar-refractivity contribution in [3.05, 3.63) is 82.3 Å². The number of nitrogens with one attached hydrogen (secondary N) is 1. The lowest BCUT2D eigenvalue weighted by Gasteiger charge is -2.08. The van der Waals surface area contributed by atoms with Gasteiger partial charge in [0.1, 0.15) is 23.9 Å². The number of halogens is 1. The van der Waals surface area contributed by atoms with Crippen molar-refractivity contribution in [2.45, 2.75) is 20.1 Å². The zero-order valence-electron chi connectivity index (χ0n) is 15.1. The third-order valence-electron chi connectivity index (χ3n) is 4.03. The van der Waals surface area contributed by atoms with E-state index in [1.807, 2.05) is 37.3 Å². The second kappa shape index (κ2) is 8.64. The van der Waals surface area contributed by atoms with Gasteiger partial charge in [0.15, 0.2) is 5.76 Å². The molecule has 140 valence electrons. The van der Waals surface area contributed by atoms with Crippen LogP contribution in [0.5, 0.6) is 11.5 Å². The van der Waals surface area contributed by atoms with E-state index in [0.29, 0.717) is 23.1 Å². The Hall–Kier alpha value is -2.92. The average molecular weight is 386 g/mol. The monoisotopic (exact) mass is 385 g/mol. The Morgan fingerprint density at radius 1 is 1.15 bits per heavy atom. The first-order valence-electron chi connectivity index (χ1n) is 8.44. The molecule has 1 aromatic heterocycles. The highest BCUT2D eigenvalue weighted by atomic mass is 35.5. The maximum Gasteiger partial charge on any atom is 0.287 e. The minimum atomic E-state index is -0.297. The summed E-state index contributed by atoms with van der Waals surface area (Å²) in [4.78, 5) is 12.3. The molecular weight excluding hydrogens is 366 g/mol. The molecule has 0 atom stereocenters. The number of benzene rings is 2. The third kappa shape index (κ3) is 4.83. The third-order valence-corrected chi connectivity index (χ3v) is 4.45. The summed E-state index contributed by atoms with van der Waals surface area (Å²) in [6.45, 7) is 2.48. The number of carbonyl (C=O) groups excluding carboxylic acids is 1. The zero-order valence-corrected chi connectivity index (χ0v) is 15.9. The van der Waals surface area contributed by atoms with Crippen LogP contribution in [-0.4, -0.2) is 13.0 Å². The van der Waals surface area contributed by atoms with Crippen molar-refractivity contribution < 1.29 is 18.7 Å². The summed E-state index contributed by atoms with van der Waals surface area (Å²) in [6.07, 6.45) is 0. The molecule has 27 heavy (non-hydrogen) atoms. The second-order valence-corrected chi connectivity index (χ2v) is 6.37. The van der Waals surface area contributed by atoms with E-state index in [4.69, 9.17) is 25.5 Å². The van der Waals surface area contributed by atoms with Gasteiger partial charge >= 0.3 is 0 Å². The fraction of sp³-hybridized carbons (Fsp3) is 0.190. The van der Waals surface area contributed by atoms with Crippen LogP contribution >= 0.6 is 11.6 Å². The molecule has 3 rings (SSSR count). The number of hydrogen-bond acceptors (Lipinski definition) is 4. The average Bonchev–Trinajstić information content (AvgIpc) is 3.16. The first-order valence-corrected chi connectivity index (χ1v) is 8.82. The van der Waals surface area contributed by atoms with E-state index < -0.39 is 0 Å². The van der Waals surface area contributed by atoms with Gasteiger partial charge in [0, 0.05) is 17.1 Å². The van der Waals surface area contributed by atoms with E-state index in [1.165, 1.54) is 0 Å². The number of amides is 1. The maximum absolute atomic E-state index is 12.3. The summed E-state index contributed by atoms with van der Waals surface area (Å²) in [7, 11) is 1.60. The van der Waals surface area contributed by atoms with Gasteiger partial charge in [-0.1, -0.05) is 29.8 Å². The molecule has 0 spiro atoms. The summed E-state index contributed by atoms with van der Waals surface area (Å²) in [5, 5.41) is 3.51. The van der Waals surface area contributed by atoms with Crippen LogP contribution in [0.15, 0.2) is 59.0 Å². The Morgan fingerprint density at radius 2 is 1.96 bits per heavy atom. The standard InChI is InChI=1S/C21H20ClNO4/c1-14-11-16(7-9-18(14)22)26-13-17-8-10-20(27-17)21(24)23-12-15-5-3-4-6-19(15)25-2/h3-11H,12-13H2,1-2H3,(H,23,24). The molecule has 0 aliphatic rings. The molecule has 2 aromatic carbocycles. The normalized spacial score (nSPS) is 10.5. The summed E-state index contributed by atoms with van der Waals surface area (Å²) >= 11 is 6.00. The SMILES string of the molecule is COc1ccccc1CNC(=O)c1ccc(COc2ccc(Cl)c(C)c2)o1. The molecule has 1 amide bonds. The van der Waals surface area contributed by atoms with Crippen molar-refractivity contribution in [2.75, 3.05) is 7.11 Å². The lowest BCUT2D eigenvalue weighted by molar-refractivity contribution is 0.0919. The molecular formula is C21H20ClNO4. The Kier molecular flexibility index (Phi) is 6.04. The van der Waals surface area contributed by atoms with Gasteiger partial charge < -0.3 is 19.2 Å². The van der Waals surface area contributed by atoms with Gasteiger partial charge in [-0.3, -0.25) is 4.79 Å². The van der Waals surface area contributed by atoms with E-state index in [1.54, 1.807) is 31.4 Å². The Morgan fingerprint density at radius 3 is 2.74 bits per heavy atom. The smallest absolute Gasteiger partial charge is 0.287 e. The van der Waals surface area contributed by atoms with Gasteiger partial charge in [0.05, 0.1) is 7.11 Å². The number of para-hydroxylation sites is 1. The quantitative estimate of drug-likeness (QED) is 0.637. The molecule has 0 aliphatic carbocycles. The Balaban J connectivity index is 1.56. The van der Waals surface area contributed by atoms with Crippen molar-refractivity contribution in [2.24, 2.45) is 0 Å². The fourth-order valence-electron chi connectivity index (χ4n) is 2.55. The number of methoxy groups -OCH3 is 1. The van der Waals surface area contributed by atoms with Crippen molar-refractivity contribution in [1.29, 1.82) is 0 Å². The molecule has 0 aliphatic heterocycles. The minimum Gasteiger partial charge on any atom is -0.496 e. The number of rotatable bonds is 7. The highest BCUT2D eigenvalue weighted by molar-refractivity contribution is 6.31. The molecule has 0 saturated carbocycles. The fourth-order valence-corrected chi connectivity index (χ4v) is 2.67. The van der Waals surface area contributed by atoms with Crippen LogP contribution in [0.4, 0.5) is 0 Å². The highest BCUT2D eigenvalue weighted by Crippen LogP contribution is 2.22. The Labute approximate surface area is 162 Å². The summed E-state index contributed by atoms with van der Waals surface area (Å²) in [5.74, 6) is 1.91. The molecule has 0 radical (unpaired) electrons. The van der Waals surface area contributed by atoms with Gasteiger partial charge in [0.2, 0.25) is 0 Å². The van der Waals surface area contributed by atoms with Crippen molar-refractivity contribution in [3.8, 4) is 11.5 Å². The lowest BCUT2D eigenvalue weighted by Crippen LogP contribution is -2.22.